The van der Waals surface area contributed by atoms with Crippen LogP contribution in [0.2, 0.25) is 0 Å². The van der Waals surface area contributed by atoms with Crippen molar-refractivity contribution in [1.29, 1.82) is 0 Å². The Morgan fingerprint density at radius 2 is 1.85 bits per heavy atom. The number of rotatable bonds is 10. The molecule has 1 atom stereocenters. The molecule has 8 heteroatoms. The number of nitrogens with one attached hydrogen (secondary N) is 2. The molecule has 0 radical (unpaired) electrons. The van der Waals surface area contributed by atoms with E-state index in [0.717, 1.165) is 41.9 Å². The maximum atomic E-state index is 6.03. The Kier molecular flexibility index (Phi) is 11.0. The molecule has 1 unspecified atom stereocenters. The van der Waals surface area contributed by atoms with Gasteiger partial charge in [-0.25, -0.2) is 9.98 Å². The number of aryl methyl sites for hydroxylation is 1. The number of aliphatic imine (C=N–C) groups is 1. The molecule has 0 amide bonds. The number of imidazole rings is 1. The summed E-state index contributed by atoms with van der Waals surface area (Å²) in [7, 11) is 1.65. The minimum Gasteiger partial charge on any atom is -0.493 e. The van der Waals surface area contributed by atoms with E-state index < -0.39 is 0 Å². The molecule has 0 fully saturated rings. The summed E-state index contributed by atoms with van der Waals surface area (Å²) in [6, 6.07) is 16.2. The van der Waals surface area contributed by atoms with E-state index in [1.54, 1.807) is 7.11 Å². The van der Waals surface area contributed by atoms with Gasteiger partial charge >= 0.3 is 0 Å². The quantitative estimate of drug-likeness (QED) is 0.218. The van der Waals surface area contributed by atoms with Crippen molar-refractivity contribution in [2.75, 3.05) is 20.2 Å². The molecule has 2 aromatic carbocycles. The number of nitrogens with zero attached hydrogens (tertiary/aromatic N) is 3. The van der Waals surface area contributed by atoms with Crippen LogP contribution in [0, 0.1) is 6.92 Å². The highest BCUT2D eigenvalue weighted by atomic mass is 127. The highest BCUT2D eigenvalue weighted by Crippen LogP contribution is 2.26. The van der Waals surface area contributed by atoms with Gasteiger partial charge < -0.3 is 24.7 Å². The molecule has 0 aliphatic carbocycles. The number of benzene rings is 2. The number of para-hydroxylation sites is 2. The van der Waals surface area contributed by atoms with Crippen LogP contribution in [-0.2, 0) is 13.1 Å². The molecular formula is C25H34IN5O2. The number of guanidine groups is 1. The molecule has 178 valence electrons. The van der Waals surface area contributed by atoms with Crippen LogP contribution in [0.3, 0.4) is 0 Å². The van der Waals surface area contributed by atoms with Crippen molar-refractivity contribution < 1.29 is 9.47 Å². The fraction of sp³-hybridized carbons (Fsp3) is 0.360. The van der Waals surface area contributed by atoms with Gasteiger partial charge in [0.25, 0.3) is 0 Å². The van der Waals surface area contributed by atoms with E-state index in [1.165, 1.54) is 5.56 Å². The van der Waals surface area contributed by atoms with Gasteiger partial charge in [0.15, 0.2) is 17.5 Å². The average molecular weight is 563 g/mol. The van der Waals surface area contributed by atoms with E-state index in [1.807, 2.05) is 50.5 Å². The Morgan fingerprint density at radius 3 is 2.55 bits per heavy atom. The van der Waals surface area contributed by atoms with Crippen LogP contribution in [0.1, 0.15) is 30.8 Å². The smallest absolute Gasteiger partial charge is 0.191 e. The van der Waals surface area contributed by atoms with E-state index >= 15 is 0 Å². The van der Waals surface area contributed by atoms with E-state index in [2.05, 4.69) is 51.4 Å². The van der Waals surface area contributed by atoms with Gasteiger partial charge in [-0.15, -0.1) is 24.0 Å². The summed E-state index contributed by atoms with van der Waals surface area (Å²) < 4.78 is 13.5. The average Bonchev–Trinajstić information content (AvgIpc) is 3.20. The Balaban J connectivity index is 0.00000385. The van der Waals surface area contributed by atoms with E-state index in [4.69, 9.17) is 14.5 Å². The predicted molar refractivity (Wildman–Crippen MR) is 144 cm³/mol. The molecule has 33 heavy (non-hydrogen) atoms. The molecule has 3 rings (SSSR count). The number of hydrogen-bond acceptors (Lipinski definition) is 4. The van der Waals surface area contributed by atoms with Gasteiger partial charge in [-0.2, -0.15) is 0 Å². The van der Waals surface area contributed by atoms with Crippen molar-refractivity contribution in [3.63, 3.8) is 0 Å². The number of aromatic nitrogens is 2. The molecule has 0 bridgehead atoms. The Bertz CT molecular complexity index is 1020. The largest absolute Gasteiger partial charge is 0.493 e. The second kappa shape index (κ2) is 13.7. The summed E-state index contributed by atoms with van der Waals surface area (Å²) in [6.07, 6.45) is 3.77. The number of hydrogen-bond donors (Lipinski definition) is 2. The first kappa shape index (κ1) is 26.5. The lowest BCUT2D eigenvalue weighted by Gasteiger charge is -2.19. The SMILES string of the molecule is CCNC(=NCc1cccc(Cn2ccnc2C)c1)NCC(C)Oc1ccccc1OC.I. The van der Waals surface area contributed by atoms with Crippen LogP contribution >= 0.6 is 24.0 Å². The van der Waals surface area contributed by atoms with Gasteiger partial charge in [-0.1, -0.05) is 36.4 Å². The molecule has 0 aliphatic rings. The van der Waals surface area contributed by atoms with Gasteiger partial charge in [0.2, 0.25) is 0 Å². The van der Waals surface area contributed by atoms with Crippen molar-refractivity contribution in [3.8, 4) is 11.5 Å². The monoisotopic (exact) mass is 563 g/mol. The summed E-state index contributed by atoms with van der Waals surface area (Å²) in [5.41, 5.74) is 2.39. The van der Waals surface area contributed by atoms with Crippen molar-refractivity contribution >= 4 is 29.9 Å². The third-order valence-corrected chi connectivity index (χ3v) is 4.99. The molecular weight excluding hydrogens is 529 g/mol. The molecule has 0 spiro atoms. The number of methoxy groups -OCH3 is 1. The summed E-state index contributed by atoms with van der Waals surface area (Å²) in [5, 5.41) is 6.67. The molecule has 0 saturated heterocycles. The van der Waals surface area contributed by atoms with Crippen molar-refractivity contribution in [2.24, 2.45) is 4.99 Å². The van der Waals surface area contributed by atoms with Gasteiger partial charge in [0.1, 0.15) is 11.9 Å². The Labute approximate surface area is 213 Å². The standard InChI is InChI=1S/C25H33N5O2.HI/c1-5-26-25(28-16-19(2)32-24-12-7-6-11-23(24)31-4)29-17-21-9-8-10-22(15-21)18-30-14-13-27-20(30)3;/h6-15,19H,5,16-18H2,1-4H3,(H2,26,28,29);1H. The highest BCUT2D eigenvalue weighted by molar-refractivity contribution is 14.0. The molecule has 1 aromatic heterocycles. The summed E-state index contributed by atoms with van der Waals surface area (Å²) in [6.45, 7) is 8.89. The molecule has 0 saturated carbocycles. The first-order valence-electron chi connectivity index (χ1n) is 11.0. The van der Waals surface area contributed by atoms with Crippen LogP contribution in [-0.4, -0.2) is 41.8 Å². The zero-order valence-electron chi connectivity index (χ0n) is 19.7. The fourth-order valence-electron chi connectivity index (χ4n) is 3.32. The van der Waals surface area contributed by atoms with Crippen LogP contribution in [0.5, 0.6) is 11.5 Å². The lowest BCUT2D eigenvalue weighted by molar-refractivity contribution is 0.213. The van der Waals surface area contributed by atoms with Crippen LogP contribution < -0.4 is 20.1 Å². The summed E-state index contributed by atoms with van der Waals surface area (Å²) >= 11 is 0. The zero-order valence-corrected chi connectivity index (χ0v) is 22.1. The van der Waals surface area contributed by atoms with Gasteiger partial charge in [0, 0.05) is 25.5 Å². The minimum atomic E-state index is -0.0584. The lowest BCUT2D eigenvalue weighted by atomic mass is 10.1. The van der Waals surface area contributed by atoms with Gasteiger partial charge in [0.05, 0.1) is 20.2 Å². The third-order valence-electron chi connectivity index (χ3n) is 4.99. The van der Waals surface area contributed by atoms with Gasteiger partial charge in [-0.05, 0) is 44.0 Å². The normalized spacial score (nSPS) is 11.9. The lowest BCUT2D eigenvalue weighted by Crippen LogP contribution is -2.41. The maximum Gasteiger partial charge on any atom is 0.191 e. The highest BCUT2D eigenvalue weighted by Gasteiger charge is 2.09. The van der Waals surface area contributed by atoms with Crippen molar-refractivity contribution in [1.82, 2.24) is 20.2 Å². The second-order valence-corrected chi connectivity index (χ2v) is 7.58. The number of ether oxygens (including phenoxy) is 2. The molecule has 2 N–H and O–H groups in total. The summed E-state index contributed by atoms with van der Waals surface area (Å²) in [5.74, 6) is 3.23. The topological polar surface area (TPSA) is 72.7 Å². The first-order chi connectivity index (χ1) is 15.6. The molecule has 1 heterocycles. The van der Waals surface area contributed by atoms with Crippen LogP contribution in [0.4, 0.5) is 0 Å². The Hall–Kier alpha value is -2.75. The van der Waals surface area contributed by atoms with Crippen LogP contribution in [0.15, 0.2) is 65.9 Å². The first-order valence-corrected chi connectivity index (χ1v) is 11.0. The van der Waals surface area contributed by atoms with E-state index in [0.29, 0.717) is 13.1 Å². The minimum absolute atomic E-state index is 0. The predicted octanol–water partition coefficient (Wildman–Crippen LogP) is 4.39. The van der Waals surface area contributed by atoms with Gasteiger partial charge in [-0.3, -0.25) is 0 Å². The summed E-state index contributed by atoms with van der Waals surface area (Å²) in [4.78, 5) is 9.04. The molecule has 7 nitrogen and oxygen atoms in total. The van der Waals surface area contributed by atoms with Crippen LogP contribution in [0.25, 0.3) is 0 Å². The molecule has 0 aliphatic heterocycles. The second-order valence-electron chi connectivity index (χ2n) is 7.58. The van der Waals surface area contributed by atoms with Crippen molar-refractivity contribution in [2.45, 2.75) is 40.0 Å². The van der Waals surface area contributed by atoms with E-state index in [-0.39, 0.29) is 30.1 Å². The van der Waals surface area contributed by atoms with Crippen molar-refractivity contribution in [3.05, 3.63) is 77.9 Å². The Morgan fingerprint density at radius 1 is 1.09 bits per heavy atom. The zero-order chi connectivity index (χ0) is 22.8. The molecule has 3 aromatic rings. The third kappa shape index (κ3) is 8.27. The fourth-order valence-corrected chi connectivity index (χ4v) is 3.32. The number of halogens is 1. The van der Waals surface area contributed by atoms with E-state index in [9.17, 15) is 0 Å². The maximum absolute atomic E-state index is 6.03.